The molecule has 1 saturated heterocycles. The predicted molar refractivity (Wildman–Crippen MR) is 76.5 cm³/mol. The average Bonchev–Trinajstić information content (AvgIpc) is 2.61. The highest BCUT2D eigenvalue weighted by molar-refractivity contribution is 6.30. The summed E-state index contributed by atoms with van der Waals surface area (Å²) in [5.74, 6) is 0.288. The molecule has 1 unspecified atom stereocenters. The molecule has 4 nitrogen and oxygen atoms in total. The molecule has 1 atom stereocenters. The van der Waals surface area contributed by atoms with Gasteiger partial charge in [0.25, 0.3) is 0 Å². The molecule has 2 amide bonds. The van der Waals surface area contributed by atoms with E-state index in [0.29, 0.717) is 12.0 Å². The van der Waals surface area contributed by atoms with Crippen LogP contribution in [0.25, 0.3) is 0 Å². The average molecular weight is 293 g/mol. The number of likely N-dealkylation sites (N-methyl/N-ethyl adjacent to an activating group) is 1. The van der Waals surface area contributed by atoms with Crippen molar-refractivity contribution in [1.82, 2.24) is 10.2 Å². The molecule has 20 heavy (non-hydrogen) atoms. The Morgan fingerprint density at radius 2 is 2.05 bits per heavy atom. The fourth-order valence-electron chi connectivity index (χ4n) is 2.96. The fourth-order valence-corrected chi connectivity index (χ4v) is 3.16. The Kier molecular flexibility index (Phi) is 3.52. The first-order chi connectivity index (χ1) is 9.54. The normalized spacial score (nSPS) is 29.7. The molecule has 0 aromatic heterocycles. The zero-order chi connectivity index (χ0) is 14.3. The van der Waals surface area contributed by atoms with Crippen molar-refractivity contribution in [3.63, 3.8) is 0 Å². The van der Waals surface area contributed by atoms with Crippen molar-refractivity contribution in [3.8, 4) is 0 Å². The van der Waals surface area contributed by atoms with Crippen molar-refractivity contribution in [3.05, 3.63) is 34.9 Å². The standard InChI is InChI=1S/C15H17ClN2O2/c1-18-14(19)8-13(15(18)20)17-12-6-10(7-12)9-3-2-4-11(16)5-9/h2-5,10,12-13,17H,6-8H2,1H3. The highest BCUT2D eigenvalue weighted by Crippen LogP contribution is 2.38. The van der Waals surface area contributed by atoms with E-state index in [-0.39, 0.29) is 24.3 Å². The maximum Gasteiger partial charge on any atom is 0.246 e. The lowest BCUT2D eigenvalue weighted by Gasteiger charge is -2.37. The Morgan fingerprint density at radius 3 is 2.65 bits per heavy atom. The summed E-state index contributed by atoms with van der Waals surface area (Å²) < 4.78 is 0. The van der Waals surface area contributed by atoms with Crippen LogP contribution in [0.5, 0.6) is 0 Å². The van der Waals surface area contributed by atoms with Gasteiger partial charge in [0.05, 0.1) is 12.5 Å². The summed E-state index contributed by atoms with van der Waals surface area (Å²) >= 11 is 5.99. The summed E-state index contributed by atoms with van der Waals surface area (Å²) in [6.45, 7) is 0. The van der Waals surface area contributed by atoms with Crippen LogP contribution in [0.3, 0.4) is 0 Å². The van der Waals surface area contributed by atoms with E-state index < -0.39 is 0 Å². The number of halogens is 1. The van der Waals surface area contributed by atoms with Crippen molar-refractivity contribution in [2.45, 2.75) is 37.3 Å². The van der Waals surface area contributed by atoms with Gasteiger partial charge in [0.2, 0.25) is 11.8 Å². The number of carbonyl (C=O) groups is 2. The molecule has 2 aliphatic rings. The topological polar surface area (TPSA) is 49.4 Å². The molecule has 1 heterocycles. The maximum atomic E-state index is 11.8. The van der Waals surface area contributed by atoms with Gasteiger partial charge in [-0.1, -0.05) is 23.7 Å². The van der Waals surface area contributed by atoms with Crippen LogP contribution < -0.4 is 5.32 Å². The minimum atomic E-state index is -0.335. The van der Waals surface area contributed by atoms with Crippen LogP contribution in [0.4, 0.5) is 0 Å². The summed E-state index contributed by atoms with van der Waals surface area (Å²) in [6, 6.07) is 7.90. The summed E-state index contributed by atoms with van der Waals surface area (Å²) in [5, 5.41) is 4.06. The number of likely N-dealkylation sites (tertiary alicyclic amines) is 1. The number of carbonyl (C=O) groups excluding carboxylic acids is 2. The van der Waals surface area contributed by atoms with Crippen molar-refractivity contribution >= 4 is 23.4 Å². The van der Waals surface area contributed by atoms with Crippen molar-refractivity contribution in [1.29, 1.82) is 0 Å². The third-order valence-electron chi connectivity index (χ3n) is 4.28. The lowest BCUT2D eigenvalue weighted by Crippen LogP contribution is -2.48. The second-order valence-electron chi connectivity index (χ2n) is 5.63. The largest absolute Gasteiger partial charge is 0.303 e. The van der Waals surface area contributed by atoms with Gasteiger partial charge in [0.15, 0.2) is 0 Å². The molecular formula is C15H17ClN2O2. The smallest absolute Gasteiger partial charge is 0.246 e. The van der Waals surface area contributed by atoms with Crippen LogP contribution in [-0.2, 0) is 9.59 Å². The van der Waals surface area contributed by atoms with Gasteiger partial charge in [-0.05, 0) is 36.5 Å². The quantitative estimate of drug-likeness (QED) is 0.866. The summed E-state index contributed by atoms with van der Waals surface area (Å²) in [5.41, 5.74) is 1.25. The molecule has 0 bridgehead atoms. The number of rotatable bonds is 3. The van der Waals surface area contributed by atoms with Gasteiger partial charge < -0.3 is 5.32 Å². The molecule has 5 heteroatoms. The fraction of sp³-hybridized carbons (Fsp3) is 0.467. The molecule has 0 spiro atoms. The second-order valence-corrected chi connectivity index (χ2v) is 6.07. The summed E-state index contributed by atoms with van der Waals surface area (Å²) in [4.78, 5) is 24.5. The number of imide groups is 1. The van der Waals surface area contributed by atoms with E-state index in [1.54, 1.807) is 7.05 Å². The maximum absolute atomic E-state index is 11.8. The number of nitrogens with zero attached hydrogens (tertiary/aromatic N) is 1. The van der Waals surface area contributed by atoms with E-state index in [0.717, 1.165) is 17.9 Å². The Labute approximate surface area is 123 Å². The molecular weight excluding hydrogens is 276 g/mol. The molecule has 1 saturated carbocycles. The van der Waals surface area contributed by atoms with Gasteiger partial charge in [-0.25, -0.2) is 0 Å². The van der Waals surface area contributed by atoms with E-state index in [9.17, 15) is 9.59 Å². The number of nitrogens with one attached hydrogen (secondary N) is 1. The predicted octanol–water partition coefficient (Wildman–Crippen LogP) is 1.93. The molecule has 3 rings (SSSR count). The molecule has 1 aromatic carbocycles. The van der Waals surface area contributed by atoms with E-state index in [1.807, 2.05) is 18.2 Å². The first-order valence-corrected chi connectivity index (χ1v) is 7.24. The molecule has 2 fully saturated rings. The van der Waals surface area contributed by atoms with Crippen molar-refractivity contribution in [2.24, 2.45) is 0 Å². The SMILES string of the molecule is CN1C(=O)CC(NC2CC(c3cccc(Cl)c3)C2)C1=O. The summed E-state index contributed by atoms with van der Waals surface area (Å²) in [7, 11) is 1.54. The Hall–Kier alpha value is -1.39. The first-order valence-electron chi connectivity index (χ1n) is 6.86. The monoisotopic (exact) mass is 292 g/mol. The molecule has 106 valence electrons. The number of amides is 2. The molecule has 0 radical (unpaired) electrons. The highest BCUT2D eigenvalue weighted by atomic mass is 35.5. The first kappa shape index (κ1) is 13.6. The zero-order valence-electron chi connectivity index (χ0n) is 11.3. The van der Waals surface area contributed by atoms with Crippen LogP contribution in [0.15, 0.2) is 24.3 Å². The van der Waals surface area contributed by atoms with Gasteiger partial charge in [-0.15, -0.1) is 0 Å². The van der Waals surface area contributed by atoms with Crippen molar-refractivity contribution < 1.29 is 9.59 Å². The molecule has 1 aromatic rings. The van der Waals surface area contributed by atoms with Crippen LogP contribution >= 0.6 is 11.6 Å². The minimum Gasteiger partial charge on any atom is -0.303 e. The minimum absolute atomic E-state index is 0.0989. The van der Waals surface area contributed by atoms with Crippen LogP contribution in [0.1, 0.15) is 30.7 Å². The molecule has 1 aliphatic carbocycles. The van der Waals surface area contributed by atoms with E-state index in [2.05, 4.69) is 11.4 Å². The third kappa shape index (κ3) is 2.45. The molecule has 1 N–H and O–H groups in total. The van der Waals surface area contributed by atoms with Gasteiger partial charge in [0.1, 0.15) is 0 Å². The zero-order valence-corrected chi connectivity index (χ0v) is 12.1. The highest BCUT2D eigenvalue weighted by Gasteiger charge is 2.40. The Balaban J connectivity index is 1.54. The van der Waals surface area contributed by atoms with Gasteiger partial charge in [-0.3, -0.25) is 14.5 Å². The van der Waals surface area contributed by atoms with Gasteiger partial charge in [-0.2, -0.15) is 0 Å². The van der Waals surface area contributed by atoms with Crippen LogP contribution in [-0.4, -0.2) is 35.8 Å². The van der Waals surface area contributed by atoms with Crippen molar-refractivity contribution in [2.75, 3.05) is 7.05 Å². The number of benzene rings is 1. The second kappa shape index (κ2) is 5.19. The third-order valence-corrected chi connectivity index (χ3v) is 4.51. The Bertz CT molecular complexity index is 555. The van der Waals surface area contributed by atoms with Crippen LogP contribution in [0.2, 0.25) is 5.02 Å². The Morgan fingerprint density at radius 1 is 1.30 bits per heavy atom. The number of hydrogen-bond acceptors (Lipinski definition) is 3. The van der Waals surface area contributed by atoms with E-state index in [1.165, 1.54) is 10.5 Å². The van der Waals surface area contributed by atoms with E-state index >= 15 is 0 Å². The lowest BCUT2D eigenvalue weighted by molar-refractivity contribution is -0.137. The number of hydrogen-bond donors (Lipinski definition) is 1. The van der Waals surface area contributed by atoms with Gasteiger partial charge in [0, 0.05) is 18.1 Å². The molecule has 1 aliphatic heterocycles. The summed E-state index contributed by atoms with van der Waals surface area (Å²) in [6.07, 6.45) is 2.26. The lowest BCUT2D eigenvalue weighted by atomic mass is 9.75. The van der Waals surface area contributed by atoms with E-state index in [4.69, 9.17) is 11.6 Å². The van der Waals surface area contributed by atoms with Crippen LogP contribution in [0, 0.1) is 0 Å². The van der Waals surface area contributed by atoms with Gasteiger partial charge >= 0.3 is 0 Å².